The largest absolute Gasteiger partial charge is 0.424 e. The lowest BCUT2D eigenvalue weighted by Gasteiger charge is -2.20. The minimum absolute atomic E-state index is 0.174. The van der Waals surface area contributed by atoms with Crippen molar-refractivity contribution in [2.24, 2.45) is 0 Å². The predicted molar refractivity (Wildman–Crippen MR) is 101 cm³/mol. The monoisotopic (exact) mass is 342 g/mol. The van der Waals surface area contributed by atoms with Gasteiger partial charge in [0.25, 0.3) is 0 Å². The number of nitrogens with zero attached hydrogens (tertiary/aromatic N) is 3. The van der Waals surface area contributed by atoms with Crippen LogP contribution in [-0.2, 0) is 0 Å². The summed E-state index contributed by atoms with van der Waals surface area (Å²) in [6.45, 7) is 0. The van der Waals surface area contributed by atoms with Crippen LogP contribution in [0.2, 0.25) is 0 Å². The van der Waals surface area contributed by atoms with E-state index in [0.29, 0.717) is 11.8 Å². The Hall–Kier alpha value is -3.60. The molecule has 0 spiro atoms. The quantitative estimate of drug-likeness (QED) is 0.587. The molecule has 5 nitrogen and oxygen atoms in total. The Kier molecular flexibility index (Phi) is 4.35. The molecule has 5 heteroatoms. The molecule has 0 saturated heterocycles. The van der Waals surface area contributed by atoms with E-state index in [1.165, 1.54) is 0 Å². The lowest BCUT2D eigenvalue weighted by molar-refractivity contribution is 0.391. The Labute approximate surface area is 151 Å². The molecule has 2 N–H and O–H groups in total. The molecule has 4 aromatic rings. The number of hydrogen-bond acceptors (Lipinski definition) is 4. The average Bonchev–Trinajstić information content (AvgIpc) is 3.04. The van der Waals surface area contributed by atoms with Crippen molar-refractivity contribution < 1.29 is 4.74 Å². The number of benzene rings is 3. The van der Waals surface area contributed by atoms with Crippen molar-refractivity contribution in [2.75, 3.05) is 5.73 Å². The molecule has 3 aromatic carbocycles. The highest BCUT2D eigenvalue weighted by Crippen LogP contribution is 2.31. The van der Waals surface area contributed by atoms with Gasteiger partial charge in [0.15, 0.2) is 0 Å². The number of para-hydroxylation sites is 1. The summed E-state index contributed by atoms with van der Waals surface area (Å²) in [5, 5.41) is 4.42. The molecule has 0 unspecified atom stereocenters. The molecule has 0 aliphatic rings. The van der Waals surface area contributed by atoms with Crippen LogP contribution in [0.25, 0.3) is 0 Å². The van der Waals surface area contributed by atoms with Crippen LogP contribution in [0.3, 0.4) is 0 Å². The standard InChI is InChI=1S/C21H18N4O/c22-20-23-21(26-18-14-8-3-9-15-18)25(24-20)19(16-10-4-1-5-11-16)17-12-6-2-7-13-17/h1-15,19H,(H2,22,24). The number of hydrogen-bond donors (Lipinski definition) is 1. The number of anilines is 1. The molecule has 1 aromatic heterocycles. The predicted octanol–water partition coefficient (Wildman–Crippen LogP) is 4.29. The van der Waals surface area contributed by atoms with E-state index in [1.54, 1.807) is 4.68 Å². The lowest BCUT2D eigenvalue weighted by Crippen LogP contribution is -2.15. The van der Waals surface area contributed by atoms with Crippen molar-refractivity contribution >= 4 is 5.95 Å². The zero-order valence-electron chi connectivity index (χ0n) is 14.1. The van der Waals surface area contributed by atoms with Gasteiger partial charge in [-0.05, 0) is 23.3 Å². The van der Waals surface area contributed by atoms with E-state index < -0.39 is 0 Å². The first-order valence-electron chi connectivity index (χ1n) is 8.36. The maximum Gasteiger partial charge on any atom is 0.323 e. The summed E-state index contributed by atoms with van der Waals surface area (Å²) in [6, 6.07) is 29.9. The third kappa shape index (κ3) is 3.28. The Morgan fingerprint density at radius 3 is 1.77 bits per heavy atom. The summed E-state index contributed by atoms with van der Waals surface area (Å²) in [5.41, 5.74) is 8.05. The topological polar surface area (TPSA) is 66.0 Å². The van der Waals surface area contributed by atoms with Crippen LogP contribution in [0.5, 0.6) is 11.8 Å². The third-order valence-electron chi connectivity index (χ3n) is 4.04. The van der Waals surface area contributed by atoms with Crippen molar-refractivity contribution in [3.8, 4) is 11.8 Å². The molecule has 0 aliphatic heterocycles. The highest BCUT2D eigenvalue weighted by atomic mass is 16.5. The van der Waals surface area contributed by atoms with E-state index in [0.717, 1.165) is 11.1 Å². The van der Waals surface area contributed by atoms with E-state index in [4.69, 9.17) is 10.5 Å². The lowest BCUT2D eigenvalue weighted by atomic mass is 9.99. The molecule has 128 valence electrons. The molecule has 0 aliphatic carbocycles. The van der Waals surface area contributed by atoms with Crippen LogP contribution in [0.4, 0.5) is 5.95 Å². The van der Waals surface area contributed by atoms with Gasteiger partial charge in [-0.25, -0.2) is 4.68 Å². The van der Waals surface area contributed by atoms with Gasteiger partial charge in [0.2, 0.25) is 5.95 Å². The molecule has 0 radical (unpaired) electrons. The first-order valence-corrected chi connectivity index (χ1v) is 8.36. The fourth-order valence-corrected chi connectivity index (χ4v) is 2.90. The number of ether oxygens (including phenoxy) is 1. The Bertz CT molecular complexity index is 929. The smallest absolute Gasteiger partial charge is 0.323 e. The summed E-state index contributed by atoms with van der Waals surface area (Å²) < 4.78 is 7.69. The van der Waals surface area contributed by atoms with Crippen molar-refractivity contribution in [1.29, 1.82) is 0 Å². The van der Waals surface area contributed by atoms with E-state index in [9.17, 15) is 0 Å². The van der Waals surface area contributed by atoms with Gasteiger partial charge in [-0.1, -0.05) is 78.9 Å². The van der Waals surface area contributed by atoms with E-state index in [2.05, 4.69) is 34.3 Å². The molecule has 0 fully saturated rings. The molecule has 0 amide bonds. The molecule has 26 heavy (non-hydrogen) atoms. The normalized spacial score (nSPS) is 10.8. The molecular weight excluding hydrogens is 324 g/mol. The number of rotatable bonds is 5. The maximum absolute atomic E-state index is 5.96. The molecule has 0 saturated carbocycles. The van der Waals surface area contributed by atoms with Crippen LogP contribution in [0, 0.1) is 0 Å². The van der Waals surface area contributed by atoms with Crippen molar-refractivity contribution in [3.63, 3.8) is 0 Å². The minimum Gasteiger partial charge on any atom is -0.424 e. The summed E-state index contributed by atoms with van der Waals surface area (Å²) >= 11 is 0. The highest BCUT2D eigenvalue weighted by molar-refractivity contribution is 5.35. The van der Waals surface area contributed by atoms with E-state index >= 15 is 0 Å². The van der Waals surface area contributed by atoms with Crippen LogP contribution in [-0.4, -0.2) is 14.8 Å². The van der Waals surface area contributed by atoms with Crippen molar-refractivity contribution in [1.82, 2.24) is 14.8 Å². The van der Waals surface area contributed by atoms with Gasteiger partial charge in [0.05, 0.1) is 0 Å². The molecular formula is C21H18N4O. The second-order valence-corrected chi connectivity index (χ2v) is 5.84. The summed E-state index contributed by atoms with van der Waals surface area (Å²) in [5.74, 6) is 0.855. The van der Waals surface area contributed by atoms with Crippen LogP contribution in [0.1, 0.15) is 17.2 Å². The van der Waals surface area contributed by atoms with E-state index in [1.807, 2.05) is 66.7 Å². The Morgan fingerprint density at radius 1 is 0.731 bits per heavy atom. The molecule has 1 heterocycles. The fourth-order valence-electron chi connectivity index (χ4n) is 2.90. The molecule has 0 bridgehead atoms. The first-order chi connectivity index (χ1) is 12.8. The maximum atomic E-state index is 5.96. The summed E-state index contributed by atoms with van der Waals surface area (Å²) in [6.07, 6.45) is 0. The average molecular weight is 342 g/mol. The van der Waals surface area contributed by atoms with E-state index in [-0.39, 0.29) is 12.0 Å². The second-order valence-electron chi connectivity index (χ2n) is 5.84. The zero-order chi connectivity index (χ0) is 17.8. The zero-order valence-corrected chi connectivity index (χ0v) is 14.1. The highest BCUT2D eigenvalue weighted by Gasteiger charge is 2.23. The summed E-state index contributed by atoms with van der Waals surface area (Å²) in [4.78, 5) is 4.29. The van der Waals surface area contributed by atoms with Gasteiger partial charge in [-0.3, -0.25) is 0 Å². The summed E-state index contributed by atoms with van der Waals surface area (Å²) in [7, 11) is 0. The van der Waals surface area contributed by atoms with Crippen molar-refractivity contribution in [2.45, 2.75) is 6.04 Å². The van der Waals surface area contributed by atoms with Gasteiger partial charge >= 0.3 is 6.01 Å². The first kappa shape index (κ1) is 15.9. The Morgan fingerprint density at radius 2 is 1.23 bits per heavy atom. The van der Waals surface area contributed by atoms with Gasteiger partial charge < -0.3 is 10.5 Å². The second kappa shape index (κ2) is 7.11. The minimum atomic E-state index is -0.194. The number of nitrogen functional groups attached to an aromatic ring is 1. The fraction of sp³-hybridized carbons (Fsp3) is 0.0476. The SMILES string of the molecule is Nc1nc(Oc2ccccc2)n(C(c2ccccc2)c2ccccc2)n1. The Balaban J connectivity index is 1.82. The molecule has 4 rings (SSSR count). The van der Waals surface area contributed by atoms with Gasteiger partial charge in [-0.2, -0.15) is 4.98 Å². The number of aromatic nitrogens is 3. The van der Waals surface area contributed by atoms with Crippen LogP contribution >= 0.6 is 0 Å². The number of nitrogens with two attached hydrogens (primary N) is 1. The van der Waals surface area contributed by atoms with Crippen LogP contribution in [0.15, 0.2) is 91.0 Å². The van der Waals surface area contributed by atoms with Gasteiger partial charge in [0.1, 0.15) is 11.8 Å². The molecule has 0 atom stereocenters. The van der Waals surface area contributed by atoms with Gasteiger partial charge in [0, 0.05) is 0 Å². The van der Waals surface area contributed by atoms with Crippen LogP contribution < -0.4 is 10.5 Å². The van der Waals surface area contributed by atoms with Crippen molar-refractivity contribution in [3.05, 3.63) is 102 Å². The van der Waals surface area contributed by atoms with Gasteiger partial charge in [-0.15, -0.1) is 5.10 Å². The third-order valence-corrected chi connectivity index (χ3v) is 4.04.